The molecule has 0 aromatic carbocycles. The highest BCUT2D eigenvalue weighted by Crippen LogP contribution is 2.19. The van der Waals surface area contributed by atoms with Crippen LogP contribution in [0.15, 0.2) is 0 Å². The summed E-state index contributed by atoms with van der Waals surface area (Å²) in [6.45, 7) is 12.4. The van der Waals surface area contributed by atoms with Gasteiger partial charge in [-0.15, -0.1) is 0 Å². The average Bonchev–Trinajstić information content (AvgIpc) is 2.36. The molecule has 0 aliphatic carbocycles. The van der Waals surface area contributed by atoms with E-state index in [0.29, 0.717) is 0 Å². The molecule has 4 nitrogen and oxygen atoms in total. The van der Waals surface area contributed by atoms with Gasteiger partial charge in [0.2, 0.25) is 0 Å². The standard InChI is InChI=1S/C13H26N4/c1-2-11-9-16(12-5-14-6-12)3-4-17(10-11)13-7-15-8-13/h11-15H,2-10H2,1H3. The molecule has 3 saturated heterocycles. The van der Waals surface area contributed by atoms with E-state index in [1.54, 1.807) is 0 Å². The molecule has 3 aliphatic heterocycles. The molecule has 0 spiro atoms. The fraction of sp³-hybridized carbons (Fsp3) is 1.00. The van der Waals surface area contributed by atoms with Gasteiger partial charge in [0.15, 0.2) is 0 Å². The van der Waals surface area contributed by atoms with Crippen molar-refractivity contribution in [2.45, 2.75) is 25.4 Å². The van der Waals surface area contributed by atoms with Crippen LogP contribution in [-0.4, -0.2) is 74.2 Å². The molecule has 0 aromatic rings. The van der Waals surface area contributed by atoms with Gasteiger partial charge in [0.25, 0.3) is 0 Å². The van der Waals surface area contributed by atoms with Crippen LogP contribution in [0.3, 0.4) is 0 Å². The van der Waals surface area contributed by atoms with E-state index in [4.69, 9.17) is 0 Å². The van der Waals surface area contributed by atoms with Gasteiger partial charge in [-0.05, 0) is 5.92 Å². The van der Waals surface area contributed by atoms with Crippen molar-refractivity contribution in [3.05, 3.63) is 0 Å². The second kappa shape index (κ2) is 5.22. The molecule has 0 aromatic heterocycles. The molecule has 3 fully saturated rings. The minimum atomic E-state index is 0.823. The second-order valence-electron chi connectivity index (χ2n) is 5.89. The Bertz CT molecular complexity index is 226. The lowest BCUT2D eigenvalue weighted by molar-refractivity contribution is 0.127. The van der Waals surface area contributed by atoms with Crippen LogP contribution in [0.1, 0.15) is 13.3 Å². The molecule has 17 heavy (non-hydrogen) atoms. The molecule has 3 aliphatic rings. The molecule has 3 heterocycles. The van der Waals surface area contributed by atoms with Crippen LogP contribution < -0.4 is 10.6 Å². The van der Waals surface area contributed by atoms with Crippen LogP contribution in [0.25, 0.3) is 0 Å². The Hall–Kier alpha value is -0.160. The first-order valence-electron chi connectivity index (χ1n) is 7.26. The van der Waals surface area contributed by atoms with Gasteiger partial charge < -0.3 is 10.6 Å². The molecule has 0 atom stereocenters. The Kier molecular flexibility index (Phi) is 3.66. The first-order chi connectivity index (χ1) is 8.36. The Labute approximate surface area is 105 Å². The number of hydrogen-bond donors (Lipinski definition) is 2. The number of hydrogen-bond acceptors (Lipinski definition) is 4. The summed E-state index contributed by atoms with van der Waals surface area (Å²) in [5.74, 6) is 0.874. The van der Waals surface area contributed by atoms with Crippen molar-refractivity contribution in [2.24, 2.45) is 5.92 Å². The summed E-state index contributed by atoms with van der Waals surface area (Å²) < 4.78 is 0. The van der Waals surface area contributed by atoms with E-state index in [9.17, 15) is 0 Å². The van der Waals surface area contributed by atoms with Gasteiger partial charge in [-0.3, -0.25) is 9.80 Å². The summed E-state index contributed by atoms with van der Waals surface area (Å²) in [4.78, 5) is 5.47. The van der Waals surface area contributed by atoms with Crippen molar-refractivity contribution in [3.8, 4) is 0 Å². The quantitative estimate of drug-likeness (QED) is 0.699. The highest BCUT2D eigenvalue weighted by Gasteiger charge is 2.33. The summed E-state index contributed by atoms with van der Waals surface area (Å²) in [6.07, 6.45) is 1.33. The molecule has 0 amide bonds. The minimum absolute atomic E-state index is 0.823. The fourth-order valence-electron chi connectivity index (χ4n) is 3.15. The maximum Gasteiger partial charge on any atom is 0.0346 e. The van der Waals surface area contributed by atoms with Gasteiger partial charge in [0.05, 0.1) is 0 Å². The van der Waals surface area contributed by atoms with Gasteiger partial charge in [-0.1, -0.05) is 13.3 Å². The zero-order valence-electron chi connectivity index (χ0n) is 11.0. The van der Waals surface area contributed by atoms with Crippen LogP contribution in [-0.2, 0) is 0 Å². The van der Waals surface area contributed by atoms with Gasteiger partial charge in [0, 0.05) is 64.4 Å². The highest BCUT2D eigenvalue weighted by molar-refractivity contribution is 4.92. The molecule has 0 radical (unpaired) electrons. The third-order valence-electron chi connectivity index (χ3n) is 4.79. The van der Waals surface area contributed by atoms with E-state index in [-0.39, 0.29) is 0 Å². The molecule has 4 heteroatoms. The van der Waals surface area contributed by atoms with Crippen molar-refractivity contribution in [3.63, 3.8) is 0 Å². The Morgan fingerprint density at radius 3 is 1.65 bits per heavy atom. The van der Waals surface area contributed by atoms with Crippen molar-refractivity contribution < 1.29 is 0 Å². The molecule has 0 saturated carbocycles. The van der Waals surface area contributed by atoms with Gasteiger partial charge in [0.1, 0.15) is 0 Å². The molecular weight excluding hydrogens is 212 g/mol. The van der Waals surface area contributed by atoms with E-state index < -0.39 is 0 Å². The molecule has 0 unspecified atom stereocenters. The third kappa shape index (κ3) is 2.50. The smallest absolute Gasteiger partial charge is 0.0346 e. The summed E-state index contributed by atoms with van der Waals surface area (Å²) >= 11 is 0. The molecule has 2 N–H and O–H groups in total. The second-order valence-corrected chi connectivity index (χ2v) is 5.89. The number of rotatable bonds is 3. The normalized spacial score (nSPS) is 30.9. The van der Waals surface area contributed by atoms with E-state index in [1.165, 1.54) is 58.8 Å². The van der Waals surface area contributed by atoms with Crippen LogP contribution in [0.4, 0.5) is 0 Å². The fourth-order valence-corrected chi connectivity index (χ4v) is 3.15. The van der Waals surface area contributed by atoms with E-state index in [0.717, 1.165) is 18.0 Å². The SMILES string of the molecule is CCC1CN(C2CNC2)CCN(C2CNC2)C1. The lowest BCUT2D eigenvalue weighted by Gasteiger charge is -2.39. The summed E-state index contributed by atoms with van der Waals surface area (Å²) in [5, 5.41) is 6.81. The van der Waals surface area contributed by atoms with Crippen LogP contribution >= 0.6 is 0 Å². The maximum absolute atomic E-state index is 3.40. The number of nitrogens with one attached hydrogen (secondary N) is 2. The van der Waals surface area contributed by atoms with E-state index in [2.05, 4.69) is 27.4 Å². The zero-order valence-corrected chi connectivity index (χ0v) is 11.0. The zero-order chi connectivity index (χ0) is 11.7. The Balaban J connectivity index is 1.59. The lowest BCUT2D eigenvalue weighted by Crippen LogP contribution is -2.59. The molecule has 3 rings (SSSR count). The van der Waals surface area contributed by atoms with Gasteiger partial charge >= 0.3 is 0 Å². The van der Waals surface area contributed by atoms with Crippen LogP contribution in [0, 0.1) is 5.92 Å². The lowest BCUT2D eigenvalue weighted by atomic mass is 10.0. The topological polar surface area (TPSA) is 30.5 Å². The van der Waals surface area contributed by atoms with Crippen LogP contribution in [0.2, 0.25) is 0 Å². The monoisotopic (exact) mass is 238 g/mol. The molecule has 98 valence electrons. The Morgan fingerprint density at radius 1 is 0.882 bits per heavy atom. The maximum atomic E-state index is 3.40. The van der Waals surface area contributed by atoms with Crippen molar-refractivity contribution >= 4 is 0 Å². The molecular formula is C13H26N4. The summed E-state index contributed by atoms with van der Waals surface area (Å²) in [7, 11) is 0. The highest BCUT2D eigenvalue weighted by atomic mass is 15.3. The van der Waals surface area contributed by atoms with Crippen molar-refractivity contribution in [1.82, 2.24) is 20.4 Å². The number of nitrogens with zero attached hydrogens (tertiary/aromatic N) is 2. The van der Waals surface area contributed by atoms with E-state index in [1.807, 2.05) is 0 Å². The first kappa shape index (κ1) is 11.9. The minimum Gasteiger partial charge on any atom is -0.314 e. The van der Waals surface area contributed by atoms with Gasteiger partial charge in [-0.25, -0.2) is 0 Å². The average molecular weight is 238 g/mol. The largest absolute Gasteiger partial charge is 0.314 e. The summed E-state index contributed by atoms with van der Waals surface area (Å²) in [6, 6.07) is 1.65. The molecule has 0 bridgehead atoms. The van der Waals surface area contributed by atoms with Crippen molar-refractivity contribution in [1.29, 1.82) is 0 Å². The Morgan fingerprint density at radius 2 is 1.35 bits per heavy atom. The van der Waals surface area contributed by atoms with E-state index >= 15 is 0 Å². The first-order valence-corrected chi connectivity index (χ1v) is 7.26. The van der Waals surface area contributed by atoms with Crippen LogP contribution in [0.5, 0.6) is 0 Å². The predicted octanol–water partition coefficient (Wildman–Crippen LogP) is -0.426. The third-order valence-corrected chi connectivity index (χ3v) is 4.79. The summed E-state index contributed by atoms with van der Waals surface area (Å²) in [5.41, 5.74) is 0. The predicted molar refractivity (Wildman–Crippen MR) is 70.2 cm³/mol. The van der Waals surface area contributed by atoms with Crippen molar-refractivity contribution in [2.75, 3.05) is 52.4 Å². The van der Waals surface area contributed by atoms with Gasteiger partial charge in [-0.2, -0.15) is 0 Å².